The summed E-state index contributed by atoms with van der Waals surface area (Å²) in [5, 5.41) is 13.9. The van der Waals surface area contributed by atoms with Gasteiger partial charge >= 0.3 is 5.97 Å². The van der Waals surface area contributed by atoms with Gasteiger partial charge in [-0.1, -0.05) is 26.7 Å². The molecule has 19 heavy (non-hydrogen) atoms. The molecule has 0 saturated heterocycles. The van der Waals surface area contributed by atoms with Crippen molar-refractivity contribution in [3.63, 3.8) is 0 Å². The van der Waals surface area contributed by atoms with E-state index in [0.29, 0.717) is 12.3 Å². The third-order valence-electron chi connectivity index (χ3n) is 4.17. The summed E-state index contributed by atoms with van der Waals surface area (Å²) in [7, 11) is 0. The topological polar surface area (TPSA) is 68.0 Å². The molecule has 0 radical (unpaired) electrons. The van der Waals surface area contributed by atoms with Crippen LogP contribution in [0.5, 0.6) is 0 Å². The maximum atomic E-state index is 11.8. The van der Waals surface area contributed by atoms with Crippen molar-refractivity contribution in [2.45, 2.75) is 58.9 Å². The minimum absolute atomic E-state index is 0.479. The van der Waals surface area contributed by atoms with E-state index < -0.39 is 11.4 Å². The molecule has 1 aliphatic rings. The molecule has 1 aliphatic carbocycles. The molecule has 0 aromatic carbocycles. The Morgan fingerprint density at radius 1 is 1.63 bits per heavy atom. The van der Waals surface area contributed by atoms with E-state index >= 15 is 0 Å². The van der Waals surface area contributed by atoms with Gasteiger partial charge in [-0.25, -0.2) is 4.98 Å². The molecular weight excluding hydrogens is 242 g/mol. The lowest BCUT2D eigenvalue weighted by Crippen LogP contribution is -2.38. The van der Waals surface area contributed by atoms with E-state index in [1.165, 1.54) is 6.33 Å². The van der Waals surface area contributed by atoms with Gasteiger partial charge in [0.05, 0.1) is 5.41 Å². The van der Waals surface area contributed by atoms with Crippen LogP contribution in [0.1, 0.15) is 51.8 Å². The Morgan fingerprint density at radius 2 is 2.42 bits per heavy atom. The summed E-state index contributed by atoms with van der Waals surface area (Å²) in [4.78, 5) is 16.0. The van der Waals surface area contributed by atoms with Crippen LogP contribution in [0.4, 0.5) is 0 Å². The van der Waals surface area contributed by atoms with Gasteiger partial charge in [0.15, 0.2) is 0 Å². The summed E-state index contributed by atoms with van der Waals surface area (Å²) >= 11 is 0. The smallest absolute Gasteiger partial charge is 0.310 e. The van der Waals surface area contributed by atoms with Gasteiger partial charge in [-0.3, -0.25) is 9.48 Å². The maximum absolute atomic E-state index is 11.8. The van der Waals surface area contributed by atoms with Gasteiger partial charge in [-0.2, -0.15) is 5.10 Å². The van der Waals surface area contributed by atoms with E-state index in [9.17, 15) is 9.90 Å². The normalized spacial score (nSPS) is 27.4. The lowest BCUT2D eigenvalue weighted by molar-refractivity contribution is -0.152. The van der Waals surface area contributed by atoms with E-state index in [4.69, 9.17) is 0 Å². The average molecular weight is 265 g/mol. The Bertz CT molecular complexity index is 444. The average Bonchev–Trinajstić information content (AvgIpc) is 2.77. The van der Waals surface area contributed by atoms with Gasteiger partial charge in [-0.15, -0.1) is 0 Å². The van der Waals surface area contributed by atoms with Crippen molar-refractivity contribution in [1.29, 1.82) is 0 Å². The fraction of sp³-hybridized carbons (Fsp3) is 0.786. The first-order valence-corrected chi connectivity index (χ1v) is 7.17. The van der Waals surface area contributed by atoms with Gasteiger partial charge in [0, 0.05) is 13.0 Å². The first-order chi connectivity index (χ1) is 9.07. The molecule has 1 N–H and O–H groups in total. The number of hydrogen-bond donors (Lipinski definition) is 1. The molecule has 2 rings (SSSR count). The summed E-state index contributed by atoms with van der Waals surface area (Å²) in [5.74, 6) is 0.621. The van der Waals surface area contributed by atoms with E-state index in [1.54, 1.807) is 0 Å². The van der Waals surface area contributed by atoms with Crippen LogP contribution in [0.15, 0.2) is 6.33 Å². The van der Waals surface area contributed by atoms with Crippen LogP contribution in [0, 0.1) is 11.3 Å². The molecule has 5 heteroatoms. The number of aliphatic carboxylic acids is 1. The van der Waals surface area contributed by atoms with Gasteiger partial charge in [-0.05, 0) is 25.2 Å². The lowest BCUT2D eigenvalue weighted by Gasteiger charge is -2.36. The van der Waals surface area contributed by atoms with E-state index in [0.717, 1.165) is 44.5 Å². The zero-order valence-corrected chi connectivity index (χ0v) is 11.8. The number of carbonyl (C=O) groups is 1. The van der Waals surface area contributed by atoms with Crippen LogP contribution in [0.3, 0.4) is 0 Å². The van der Waals surface area contributed by atoms with Crippen LogP contribution < -0.4 is 0 Å². The van der Waals surface area contributed by atoms with Crippen molar-refractivity contribution in [3.05, 3.63) is 12.2 Å². The van der Waals surface area contributed by atoms with Crippen LogP contribution in [-0.2, 0) is 17.8 Å². The summed E-state index contributed by atoms with van der Waals surface area (Å²) in [6, 6.07) is 0. The van der Waals surface area contributed by atoms with Crippen LogP contribution >= 0.6 is 0 Å². The number of nitrogens with zero attached hydrogens (tertiary/aromatic N) is 3. The third kappa shape index (κ3) is 2.96. The number of aromatic nitrogens is 3. The lowest BCUT2D eigenvalue weighted by atomic mass is 9.68. The van der Waals surface area contributed by atoms with Gasteiger partial charge in [0.2, 0.25) is 0 Å². The van der Waals surface area contributed by atoms with Gasteiger partial charge < -0.3 is 5.11 Å². The molecule has 1 fully saturated rings. The first-order valence-electron chi connectivity index (χ1n) is 7.17. The molecule has 1 saturated carbocycles. The maximum Gasteiger partial charge on any atom is 0.310 e. The molecule has 0 bridgehead atoms. The Hall–Kier alpha value is -1.39. The monoisotopic (exact) mass is 265 g/mol. The van der Waals surface area contributed by atoms with E-state index in [2.05, 4.69) is 23.9 Å². The van der Waals surface area contributed by atoms with Crippen molar-refractivity contribution in [2.24, 2.45) is 11.3 Å². The number of carboxylic acids is 1. The standard InChI is InChI=1S/C14H23N3O2/c1-3-7-17-12(15-10-16-17)9-14(13(18)19)6-4-5-11(2)8-14/h10-11H,3-9H2,1-2H3,(H,18,19). The summed E-state index contributed by atoms with van der Waals surface area (Å²) in [5.41, 5.74) is -0.643. The quantitative estimate of drug-likeness (QED) is 0.888. The molecule has 1 aromatic heterocycles. The second-order valence-corrected chi connectivity index (χ2v) is 5.86. The highest BCUT2D eigenvalue weighted by Gasteiger charge is 2.42. The zero-order valence-electron chi connectivity index (χ0n) is 11.8. The molecule has 0 aliphatic heterocycles. The van der Waals surface area contributed by atoms with Crippen molar-refractivity contribution < 1.29 is 9.90 Å². The predicted molar refractivity (Wildman–Crippen MR) is 71.7 cm³/mol. The minimum atomic E-state index is -0.676. The number of hydrogen-bond acceptors (Lipinski definition) is 3. The molecule has 2 unspecified atom stereocenters. The highest BCUT2D eigenvalue weighted by atomic mass is 16.4. The Morgan fingerprint density at radius 3 is 3.05 bits per heavy atom. The number of rotatable bonds is 5. The van der Waals surface area contributed by atoms with E-state index in [-0.39, 0.29) is 0 Å². The Kier molecular flexibility index (Phi) is 4.22. The molecule has 0 spiro atoms. The minimum Gasteiger partial charge on any atom is -0.481 e. The highest BCUT2D eigenvalue weighted by molar-refractivity contribution is 5.75. The van der Waals surface area contributed by atoms with Crippen molar-refractivity contribution in [2.75, 3.05) is 0 Å². The van der Waals surface area contributed by atoms with Crippen LogP contribution in [-0.4, -0.2) is 25.8 Å². The fourth-order valence-corrected chi connectivity index (χ4v) is 3.22. The summed E-state index contributed by atoms with van der Waals surface area (Å²) in [6.45, 7) is 5.04. The predicted octanol–water partition coefficient (Wildman–Crippen LogP) is 2.51. The van der Waals surface area contributed by atoms with Crippen molar-refractivity contribution in [3.8, 4) is 0 Å². The second-order valence-electron chi connectivity index (χ2n) is 5.86. The number of carboxylic acid groups (broad SMARTS) is 1. The molecule has 1 heterocycles. The van der Waals surface area contributed by atoms with Crippen LogP contribution in [0.2, 0.25) is 0 Å². The third-order valence-corrected chi connectivity index (χ3v) is 4.17. The Balaban J connectivity index is 2.21. The largest absolute Gasteiger partial charge is 0.481 e. The van der Waals surface area contributed by atoms with Gasteiger partial charge in [0.25, 0.3) is 0 Å². The molecule has 0 amide bonds. The summed E-state index contributed by atoms with van der Waals surface area (Å²) < 4.78 is 1.85. The van der Waals surface area contributed by atoms with Crippen LogP contribution in [0.25, 0.3) is 0 Å². The molecule has 2 atom stereocenters. The molecule has 106 valence electrons. The number of aryl methyl sites for hydroxylation is 1. The fourth-order valence-electron chi connectivity index (χ4n) is 3.22. The first kappa shape index (κ1) is 14.0. The SMILES string of the molecule is CCCn1ncnc1CC1(C(=O)O)CCCC(C)C1. The molecule has 5 nitrogen and oxygen atoms in total. The van der Waals surface area contributed by atoms with Gasteiger partial charge in [0.1, 0.15) is 12.2 Å². The molecule has 1 aromatic rings. The van der Waals surface area contributed by atoms with Crippen molar-refractivity contribution in [1.82, 2.24) is 14.8 Å². The van der Waals surface area contributed by atoms with Crippen molar-refractivity contribution >= 4 is 5.97 Å². The molecular formula is C14H23N3O2. The Labute approximate surface area is 114 Å². The highest BCUT2D eigenvalue weighted by Crippen LogP contribution is 2.41. The van der Waals surface area contributed by atoms with E-state index in [1.807, 2.05) is 4.68 Å². The second kappa shape index (κ2) is 5.72. The zero-order chi connectivity index (χ0) is 13.9. The summed E-state index contributed by atoms with van der Waals surface area (Å²) in [6.07, 6.45) is 6.66.